The Morgan fingerprint density at radius 1 is 0.491 bits per heavy atom. The van der Waals surface area contributed by atoms with Crippen LogP contribution in [0.4, 0.5) is 17.1 Å². The molecule has 8 aromatic carbocycles. The van der Waals surface area contributed by atoms with Crippen LogP contribution in [0.2, 0.25) is 0 Å². The second-order valence-electron chi connectivity index (χ2n) is 16.2. The lowest BCUT2D eigenvalue weighted by molar-refractivity contribution is 0.590. The van der Waals surface area contributed by atoms with E-state index in [1.54, 1.807) is 0 Å². The van der Waals surface area contributed by atoms with Crippen LogP contribution in [0.1, 0.15) is 51.3 Å². The molecule has 2 nitrogen and oxygen atoms in total. The summed E-state index contributed by atoms with van der Waals surface area (Å²) < 4.78 is 6.73. The van der Waals surface area contributed by atoms with Crippen LogP contribution in [0.15, 0.2) is 162 Å². The molecule has 0 bridgehead atoms. The Hall–Kier alpha value is -6.12. The zero-order valence-corrected chi connectivity index (χ0v) is 30.9. The molecular formula is C51H41NO. The van der Waals surface area contributed by atoms with E-state index in [2.05, 4.69) is 191 Å². The largest absolute Gasteiger partial charge is 0.455 e. The van der Waals surface area contributed by atoms with Gasteiger partial charge in [0.25, 0.3) is 0 Å². The molecule has 2 heteroatoms. The number of rotatable bonds is 4. The summed E-state index contributed by atoms with van der Waals surface area (Å²) in [5.74, 6) is 0. The Morgan fingerprint density at radius 2 is 1.13 bits per heavy atom. The van der Waals surface area contributed by atoms with Gasteiger partial charge in [-0.05, 0) is 103 Å². The van der Waals surface area contributed by atoms with Crippen molar-refractivity contribution in [2.75, 3.05) is 4.90 Å². The molecule has 0 N–H and O–H groups in total. The summed E-state index contributed by atoms with van der Waals surface area (Å²) in [6.07, 6.45) is 0. The molecule has 0 saturated heterocycles. The van der Waals surface area contributed by atoms with Gasteiger partial charge in [0.15, 0.2) is 0 Å². The highest BCUT2D eigenvalue weighted by Crippen LogP contribution is 2.53. The van der Waals surface area contributed by atoms with E-state index in [1.165, 1.54) is 49.4 Å². The van der Waals surface area contributed by atoms with Gasteiger partial charge in [-0.1, -0.05) is 144 Å². The highest BCUT2D eigenvalue weighted by molar-refractivity contribution is 6.15. The smallest absolute Gasteiger partial charge is 0.143 e. The monoisotopic (exact) mass is 683 g/mol. The molecule has 0 spiro atoms. The van der Waals surface area contributed by atoms with E-state index < -0.39 is 0 Å². The average molecular weight is 684 g/mol. The van der Waals surface area contributed by atoms with Gasteiger partial charge in [-0.25, -0.2) is 0 Å². The number of benzene rings is 8. The average Bonchev–Trinajstić information content (AvgIpc) is 3.66. The molecule has 1 aliphatic carbocycles. The molecule has 1 aromatic heterocycles. The second kappa shape index (κ2) is 11.4. The maximum absolute atomic E-state index is 6.73. The topological polar surface area (TPSA) is 16.4 Å². The number of anilines is 3. The zero-order chi connectivity index (χ0) is 36.1. The van der Waals surface area contributed by atoms with E-state index in [4.69, 9.17) is 4.42 Å². The van der Waals surface area contributed by atoms with Gasteiger partial charge in [-0.3, -0.25) is 0 Å². The molecule has 0 saturated carbocycles. The molecule has 0 amide bonds. The molecular weight excluding hydrogens is 643 g/mol. The standard InChI is InChI=1S/C51H41NO/c1-50(2,3)35-22-24-36(25-23-35)52(37-26-27-44-43(31-37)42-29-33-14-6-7-15-34(33)30-45(42)51(44,4)5)46-28-21-32-13-8-9-16-38(32)48(46)41-19-12-18-40-39-17-10-11-20-47(39)53-49(40)41/h6-31H,1-5H3. The van der Waals surface area contributed by atoms with Gasteiger partial charge >= 0.3 is 0 Å². The van der Waals surface area contributed by atoms with E-state index in [-0.39, 0.29) is 10.8 Å². The molecule has 9 aromatic rings. The van der Waals surface area contributed by atoms with Crippen molar-refractivity contribution in [3.8, 4) is 22.3 Å². The predicted molar refractivity (Wildman–Crippen MR) is 225 cm³/mol. The summed E-state index contributed by atoms with van der Waals surface area (Å²) in [5, 5.41) is 7.20. The van der Waals surface area contributed by atoms with Crippen LogP contribution < -0.4 is 4.90 Å². The van der Waals surface area contributed by atoms with Crippen molar-refractivity contribution in [1.29, 1.82) is 0 Å². The minimum atomic E-state index is -0.114. The van der Waals surface area contributed by atoms with Crippen molar-refractivity contribution >= 4 is 60.5 Å². The number of hydrogen-bond donors (Lipinski definition) is 0. The van der Waals surface area contributed by atoms with E-state index in [1.807, 2.05) is 6.07 Å². The van der Waals surface area contributed by atoms with Gasteiger partial charge in [0.1, 0.15) is 11.2 Å². The number of furan rings is 1. The van der Waals surface area contributed by atoms with E-state index >= 15 is 0 Å². The zero-order valence-electron chi connectivity index (χ0n) is 30.9. The van der Waals surface area contributed by atoms with Crippen molar-refractivity contribution in [2.45, 2.75) is 45.4 Å². The fourth-order valence-electron chi connectivity index (χ4n) is 8.78. The van der Waals surface area contributed by atoms with Crippen LogP contribution in [0.5, 0.6) is 0 Å². The number of hydrogen-bond acceptors (Lipinski definition) is 2. The van der Waals surface area contributed by atoms with Crippen molar-refractivity contribution in [3.05, 3.63) is 174 Å². The van der Waals surface area contributed by atoms with Gasteiger partial charge in [-0.2, -0.15) is 0 Å². The third-order valence-corrected chi connectivity index (χ3v) is 11.6. The van der Waals surface area contributed by atoms with Crippen molar-refractivity contribution in [3.63, 3.8) is 0 Å². The first-order chi connectivity index (χ1) is 25.7. The fraction of sp³-hybridized carbons (Fsp3) is 0.137. The lowest BCUT2D eigenvalue weighted by Crippen LogP contribution is -2.16. The van der Waals surface area contributed by atoms with Crippen LogP contribution in [0.3, 0.4) is 0 Å². The van der Waals surface area contributed by atoms with E-state index in [9.17, 15) is 0 Å². The Bertz CT molecular complexity index is 2900. The molecule has 53 heavy (non-hydrogen) atoms. The van der Waals surface area contributed by atoms with E-state index in [0.29, 0.717) is 0 Å². The summed E-state index contributed by atoms with van der Waals surface area (Å²) >= 11 is 0. The Morgan fingerprint density at radius 3 is 1.91 bits per heavy atom. The first-order valence-electron chi connectivity index (χ1n) is 18.7. The summed E-state index contributed by atoms with van der Waals surface area (Å²) in [6.45, 7) is 11.6. The van der Waals surface area contributed by atoms with Crippen LogP contribution in [0, 0.1) is 0 Å². The third kappa shape index (κ3) is 4.86. The number of para-hydroxylation sites is 2. The minimum absolute atomic E-state index is 0.0417. The predicted octanol–water partition coefficient (Wildman–Crippen LogP) is 14.6. The van der Waals surface area contributed by atoms with Crippen LogP contribution in [-0.4, -0.2) is 0 Å². The van der Waals surface area contributed by atoms with Crippen LogP contribution in [-0.2, 0) is 10.8 Å². The molecule has 0 unspecified atom stereocenters. The Labute approximate surface area is 310 Å². The highest BCUT2D eigenvalue weighted by Gasteiger charge is 2.36. The molecule has 0 fully saturated rings. The van der Waals surface area contributed by atoms with Crippen molar-refractivity contribution < 1.29 is 4.42 Å². The van der Waals surface area contributed by atoms with Gasteiger partial charge in [0.05, 0.1) is 5.69 Å². The molecule has 1 aliphatic rings. The summed E-state index contributed by atoms with van der Waals surface area (Å²) in [7, 11) is 0. The van der Waals surface area contributed by atoms with Crippen molar-refractivity contribution in [1.82, 2.24) is 0 Å². The van der Waals surface area contributed by atoms with Crippen LogP contribution >= 0.6 is 0 Å². The number of nitrogens with zero attached hydrogens (tertiary/aromatic N) is 1. The first kappa shape index (κ1) is 31.6. The molecule has 1 heterocycles. The summed E-state index contributed by atoms with van der Waals surface area (Å²) in [5.41, 5.74) is 14.0. The number of fused-ring (bicyclic) bond motifs is 8. The van der Waals surface area contributed by atoms with Gasteiger partial charge in [0, 0.05) is 38.7 Å². The maximum Gasteiger partial charge on any atom is 0.143 e. The molecule has 10 rings (SSSR count). The Balaban J connectivity index is 1.27. The lowest BCUT2D eigenvalue weighted by atomic mass is 9.82. The Kier molecular flexibility index (Phi) is 6.82. The SMILES string of the molecule is CC(C)(C)c1ccc(N(c2ccc3c(c2)-c2cc4ccccc4cc2C3(C)C)c2ccc3ccccc3c2-c2cccc3c2oc2ccccc23)cc1. The highest BCUT2D eigenvalue weighted by atomic mass is 16.3. The third-order valence-electron chi connectivity index (χ3n) is 11.6. The second-order valence-corrected chi connectivity index (χ2v) is 16.2. The summed E-state index contributed by atoms with van der Waals surface area (Å²) in [6, 6.07) is 58.1. The maximum atomic E-state index is 6.73. The van der Waals surface area contributed by atoms with Gasteiger partial charge in [-0.15, -0.1) is 0 Å². The quantitative estimate of drug-likeness (QED) is 0.184. The lowest BCUT2D eigenvalue weighted by Gasteiger charge is -2.30. The normalized spacial score (nSPS) is 13.5. The fourth-order valence-corrected chi connectivity index (χ4v) is 8.78. The van der Waals surface area contributed by atoms with E-state index in [0.717, 1.165) is 50.1 Å². The summed E-state index contributed by atoms with van der Waals surface area (Å²) in [4.78, 5) is 2.46. The first-order valence-corrected chi connectivity index (χ1v) is 18.7. The van der Waals surface area contributed by atoms with Gasteiger partial charge < -0.3 is 9.32 Å². The van der Waals surface area contributed by atoms with Crippen molar-refractivity contribution in [2.24, 2.45) is 0 Å². The molecule has 0 aliphatic heterocycles. The molecule has 0 atom stereocenters. The van der Waals surface area contributed by atoms with Crippen LogP contribution in [0.25, 0.3) is 65.7 Å². The minimum Gasteiger partial charge on any atom is -0.455 e. The van der Waals surface area contributed by atoms with Gasteiger partial charge in [0.2, 0.25) is 0 Å². The molecule has 256 valence electrons. The molecule has 0 radical (unpaired) electrons.